The van der Waals surface area contributed by atoms with Crippen LogP contribution in [0.1, 0.15) is 21.3 Å². The van der Waals surface area contributed by atoms with Gasteiger partial charge in [0.2, 0.25) is 0 Å². The molecule has 0 saturated carbocycles. The summed E-state index contributed by atoms with van der Waals surface area (Å²) < 4.78 is 46.8. The van der Waals surface area contributed by atoms with Crippen LogP contribution in [-0.4, -0.2) is 31.1 Å². The first-order valence-electron chi connectivity index (χ1n) is 10.8. The number of thiazole rings is 1. The van der Waals surface area contributed by atoms with Gasteiger partial charge in [-0.15, -0.1) is 11.3 Å². The van der Waals surface area contributed by atoms with Gasteiger partial charge in [-0.3, -0.25) is 0 Å². The average molecular weight is 510 g/mol. The van der Waals surface area contributed by atoms with Gasteiger partial charge in [-0.1, -0.05) is 54.6 Å². The lowest BCUT2D eigenvalue weighted by atomic mass is 9.92. The van der Waals surface area contributed by atoms with E-state index in [0.717, 1.165) is 0 Å². The number of halogens is 1. The van der Waals surface area contributed by atoms with Gasteiger partial charge in [0.15, 0.2) is 16.4 Å². The maximum atomic E-state index is 13.9. The molecule has 1 heterocycles. The van der Waals surface area contributed by atoms with E-state index in [-0.39, 0.29) is 12.2 Å². The molecule has 0 bridgehead atoms. The third kappa shape index (κ3) is 4.69. The van der Waals surface area contributed by atoms with Crippen molar-refractivity contribution in [3.05, 3.63) is 94.6 Å². The van der Waals surface area contributed by atoms with Crippen molar-refractivity contribution in [1.82, 2.24) is 4.98 Å². The molecule has 0 fully saturated rings. The van der Waals surface area contributed by atoms with Crippen LogP contribution in [0.5, 0.6) is 5.75 Å². The number of benzene rings is 3. The fourth-order valence-corrected chi connectivity index (χ4v) is 7.59. The first kappa shape index (κ1) is 23.2. The summed E-state index contributed by atoms with van der Waals surface area (Å²) in [5.41, 5.74) is 3.01. The van der Waals surface area contributed by atoms with Crippen molar-refractivity contribution in [2.75, 3.05) is 6.61 Å². The second-order valence-corrected chi connectivity index (χ2v) is 11.4. The van der Waals surface area contributed by atoms with E-state index >= 15 is 0 Å². The Morgan fingerprint density at radius 1 is 1.09 bits per heavy atom. The van der Waals surface area contributed by atoms with Crippen LogP contribution in [0, 0.1) is 5.82 Å². The maximum absolute atomic E-state index is 13.9. The van der Waals surface area contributed by atoms with Crippen LogP contribution >= 0.6 is 11.3 Å². The third-order valence-electron chi connectivity index (χ3n) is 5.79. The van der Waals surface area contributed by atoms with E-state index in [2.05, 4.69) is 0 Å². The van der Waals surface area contributed by atoms with Crippen molar-refractivity contribution >= 4 is 27.1 Å². The normalized spacial score (nSPS) is 14.7. The molecular weight excluding hydrogens is 489 g/mol. The fraction of sp³-hybridized carbons (Fsp3) is 0.154. The predicted molar refractivity (Wildman–Crippen MR) is 132 cm³/mol. The summed E-state index contributed by atoms with van der Waals surface area (Å²) in [6, 6.07) is 20.1. The zero-order chi connectivity index (χ0) is 24.6. The van der Waals surface area contributed by atoms with Gasteiger partial charge in [-0.05, 0) is 30.2 Å². The van der Waals surface area contributed by atoms with Gasteiger partial charge in [-0.2, -0.15) is 0 Å². The topological polar surface area (TPSA) is 93.6 Å². The summed E-state index contributed by atoms with van der Waals surface area (Å²) in [5.74, 6) is -1.38. The molecule has 0 radical (unpaired) electrons. The van der Waals surface area contributed by atoms with Crippen molar-refractivity contribution in [1.29, 1.82) is 0 Å². The first-order valence-corrected chi connectivity index (χ1v) is 13.3. The Morgan fingerprint density at radius 3 is 2.60 bits per heavy atom. The van der Waals surface area contributed by atoms with Gasteiger partial charge < -0.3 is 9.84 Å². The van der Waals surface area contributed by atoms with E-state index in [9.17, 15) is 17.6 Å². The second-order valence-electron chi connectivity index (χ2n) is 8.19. The Kier molecular flexibility index (Phi) is 6.12. The lowest BCUT2D eigenvalue weighted by Gasteiger charge is -2.25. The number of ether oxygens (including phenoxy) is 1. The number of nitrogens with zero attached hydrogens (tertiary/aromatic N) is 1. The molecule has 4 aromatic rings. The molecule has 0 amide bonds. The summed E-state index contributed by atoms with van der Waals surface area (Å²) in [7, 11) is -3.69. The number of aromatic nitrogens is 1. The van der Waals surface area contributed by atoms with E-state index in [1.54, 1.807) is 48.5 Å². The molecule has 1 aliphatic rings. The lowest BCUT2D eigenvalue weighted by molar-refractivity contribution is -0.139. The molecule has 1 aliphatic carbocycles. The minimum Gasteiger partial charge on any atom is -0.482 e. The van der Waals surface area contributed by atoms with Gasteiger partial charge in [0, 0.05) is 16.7 Å². The molecule has 3 aromatic carbocycles. The molecule has 178 valence electrons. The molecule has 1 N–H and O–H groups in total. The largest absolute Gasteiger partial charge is 0.482 e. The molecule has 0 aliphatic heterocycles. The average Bonchev–Trinajstić information content (AvgIpc) is 3.28. The summed E-state index contributed by atoms with van der Waals surface area (Å²) in [4.78, 5) is 16.4. The van der Waals surface area contributed by atoms with Crippen molar-refractivity contribution in [3.63, 3.8) is 0 Å². The number of hydrogen-bond acceptors (Lipinski definition) is 6. The molecule has 1 unspecified atom stereocenters. The number of carboxylic acids is 1. The van der Waals surface area contributed by atoms with Crippen LogP contribution < -0.4 is 4.74 Å². The Balaban J connectivity index is 1.65. The van der Waals surface area contributed by atoms with Crippen molar-refractivity contribution in [2.24, 2.45) is 0 Å². The lowest BCUT2D eigenvalue weighted by Crippen LogP contribution is -2.22. The predicted octanol–water partition coefficient (Wildman–Crippen LogP) is 5.29. The Morgan fingerprint density at radius 2 is 1.86 bits per heavy atom. The summed E-state index contributed by atoms with van der Waals surface area (Å²) in [5, 5.41) is 8.68. The molecule has 1 atom stereocenters. The highest BCUT2D eigenvalue weighted by Gasteiger charge is 2.38. The van der Waals surface area contributed by atoms with Crippen LogP contribution in [0.2, 0.25) is 0 Å². The van der Waals surface area contributed by atoms with E-state index in [4.69, 9.17) is 14.8 Å². The SMILES string of the molecule is O=C(O)COc1cccc2c1CC(S(=O)(=O)Cc1ccccc1)c1sc(-c3cccc(F)c3)nc1-2. The molecule has 9 heteroatoms. The highest BCUT2D eigenvalue weighted by molar-refractivity contribution is 7.91. The number of carbonyl (C=O) groups is 1. The number of rotatable bonds is 7. The Labute approximate surface area is 205 Å². The van der Waals surface area contributed by atoms with Crippen LogP contribution in [0.15, 0.2) is 72.8 Å². The third-order valence-corrected chi connectivity index (χ3v) is 9.16. The number of sulfone groups is 1. The summed E-state index contributed by atoms with van der Waals surface area (Å²) in [6.45, 7) is -0.545. The molecule has 0 spiro atoms. The van der Waals surface area contributed by atoms with Gasteiger partial charge >= 0.3 is 5.97 Å². The Hall–Kier alpha value is -3.56. The second kappa shape index (κ2) is 9.24. The number of hydrogen-bond donors (Lipinski definition) is 1. The maximum Gasteiger partial charge on any atom is 0.341 e. The first-order chi connectivity index (χ1) is 16.8. The molecule has 1 aromatic heterocycles. The standard InChI is InChI=1S/C26H20FNO5S2/c27-18-9-4-8-17(12-18)26-28-24-19-10-5-11-21(33-14-23(29)30)20(19)13-22(25(24)34-26)35(31,32)15-16-6-2-1-3-7-16/h1-12,22H,13-15H2,(H,29,30). The highest BCUT2D eigenvalue weighted by Crippen LogP contribution is 2.49. The van der Waals surface area contributed by atoms with Gasteiger partial charge in [0.1, 0.15) is 21.8 Å². The number of carboxylic acid groups (broad SMARTS) is 1. The quantitative estimate of drug-likeness (QED) is 0.364. The van der Waals surface area contributed by atoms with Crippen molar-refractivity contribution in [3.8, 4) is 27.6 Å². The number of aliphatic carboxylic acids is 1. The van der Waals surface area contributed by atoms with E-state index in [1.165, 1.54) is 23.5 Å². The summed E-state index contributed by atoms with van der Waals surface area (Å²) in [6.07, 6.45) is 0.123. The Bertz CT molecular complexity index is 1520. The van der Waals surface area contributed by atoms with Crippen LogP contribution in [0.3, 0.4) is 0 Å². The monoisotopic (exact) mass is 509 g/mol. The van der Waals surface area contributed by atoms with Crippen LogP contribution in [0.25, 0.3) is 21.8 Å². The zero-order valence-corrected chi connectivity index (χ0v) is 20.0. The fourth-order valence-electron chi connectivity index (χ4n) is 4.24. The number of fused-ring (bicyclic) bond motifs is 3. The van der Waals surface area contributed by atoms with Crippen LogP contribution in [0.4, 0.5) is 4.39 Å². The molecule has 6 nitrogen and oxygen atoms in total. The van der Waals surface area contributed by atoms with Crippen molar-refractivity contribution < 1.29 is 27.4 Å². The minimum absolute atomic E-state index is 0.123. The van der Waals surface area contributed by atoms with E-state index < -0.39 is 33.5 Å². The van der Waals surface area contributed by atoms with Gasteiger partial charge in [0.05, 0.1) is 16.3 Å². The van der Waals surface area contributed by atoms with Crippen LogP contribution in [-0.2, 0) is 26.8 Å². The summed E-state index contributed by atoms with van der Waals surface area (Å²) >= 11 is 1.24. The molecule has 35 heavy (non-hydrogen) atoms. The molecule has 0 saturated heterocycles. The van der Waals surface area contributed by atoms with E-state index in [1.807, 2.05) is 12.1 Å². The van der Waals surface area contributed by atoms with Gasteiger partial charge in [-0.25, -0.2) is 22.6 Å². The van der Waals surface area contributed by atoms with E-state index in [0.29, 0.717) is 43.6 Å². The minimum atomic E-state index is -3.69. The van der Waals surface area contributed by atoms with Crippen molar-refractivity contribution in [2.45, 2.75) is 17.4 Å². The van der Waals surface area contributed by atoms with Gasteiger partial charge in [0.25, 0.3) is 0 Å². The molecule has 5 rings (SSSR count). The zero-order valence-electron chi connectivity index (χ0n) is 18.3. The molecular formula is C26H20FNO5S2. The smallest absolute Gasteiger partial charge is 0.341 e. The highest BCUT2D eigenvalue weighted by atomic mass is 32.2.